The van der Waals surface area contributed by atoms with Gasteiger partial charge in [-0.15, -0.1) is 0 Å². The Hall–Kier alpha value is -1.46. The second-order valence-electron chi connectivity index (χ2n) is 3.65. The largest absolute Gasteiger partial charge is 0.326 e. The van der Waals surface area contributed by atoms with E-state index in [0.717, 1.165) is 23.9 Å². The van der Waals surface area contributed by atoms with Gasteiger partial charge in [0.15, 0.2) is 11.6 Å². The zero-order chi connectivity index (χ0) is 13.1. The summed E-state index contributed by atoms with van der Waals surface area (Å²) in [7, 11) is 0. The highest BCUT2D eigenvalue weighted by atomic mass is 32.2. The van der Waals surface area contributed by atoms with E-state index >= 15 is 0 Å². The molecule has 0 bridgehead atoms. The summed E-state index contributed by atoms with van der Waals surface area (Å²) in [6, 6.07) is 8.07. The molecule has 0 saturated carbocycles. The van der Waals surface area contributed by atoms with Crippen LogP contribution in [0, 0.1) is 17.5 Å². The summed E-state index contributed by atoms with van der Waals surface area (Å²) in [4.78, 5) is 0.784. The van der Waals surface area contributed by atoms with Gasteiger partial charge in [0.2, 0.25) is 0 Å². The van der Waals surface area contributed by atoms with E-state index in [4.69, 9.17) is 5.73 Å². The van der Waals surface area contributed by atoms with Crippen LogP contribution >= 0.6 is 11.8 Å². The molecule has 0 unspecified atom stereocenters. The van der Waals surface area contributed by atoms with E-state index in [2.05, 4.69) is 0 Å². The molecule has 2 rings (SSSR count). The van der Waals surface area contributed by atoms with E-state index in [1.165, 1.54) is 12.1 Å². The van der Waals surface area contributed by atoms with Crippen molar-refractivity contribution in [3.8, 4) is 0 Å². The normalized spacial score (nSPS) is 10.7. The zero-order valence-corrected chi connectivity index (χ0v) is 10.1. The van der Waals surface area contributed by atoms with Crippen LogP contribution in [-0.4, -0.2) is 0 Å². The average Bonchev–Trinajstić information content (AvgIpc) is 2.36. The lowest BCUT2D eigenvalue weighted by molar-refractivity contribution is 0.506. The number of hydrogen-bond acceptors (Lipinski definition) is 2. The second kappa shape index (κ2) is 5.46. The molecule has 0 aliphatic rings. The number of rotatable bonds is 3. The molecule has 0 fully saturated rings. The first-order valence-corrected chi connectivity index (χ1v) is 6.03. The summed E-state index contributed by atoms with van der Waals surface area (Å²) >= 11 is 1.03. The van der Waals surface area contributed by atoms with Crippen molar-refractivity contribution >= 4 is 11.8 Å². The predicted molar refractivity (Wildman–Crippen MR) is 64.8 cm³/mol. The van der Waals surface area contributed by atoms with Crippen molar-refractivity contribution in [2.24, 2.45) is 5.73 Å². The van der Waals surface area contributed by atoms with Gasteiger partial charge in [-0.25, -0.2) is 13.2 Å². The quantitative estimate of drug-likeness (QED) is 0.919. The van der Waals surface area contributed by atoms with Crippen molar-refractivity contribution in [1.29, 1.82) is 0 Å². The van der Waals surface area contributed by atoms with Gasteiger partial charge < -0.3 is 5.73 Å². The topological polar surface area (TPSA) is 26.0 Å². The summed E-state index contributed by atoms with van der Waals surface area (Å²) in [5.41, 5.74) is 6.08. The maximum atomic E-state index is 13.7. The molecule has 2 aromatic rings. The van der Waals surface area contributed by atoms with Gasteiger partial charge in [0, 0.05) is 16.3 Å². The Balaban J connectivity index is 2.25. The first-order valence-electron chi connectivity index (χ1n) is 5.21. The van der Waals surface area contributed by atoms with Gasteiger partial charge in [-0.05, 0) is 35.9 Å². The summed E-state index contributed by atoms with van der Waals surface area (Å²) in [6.07, 6.45) is 0. The van der Waals surface area contributed by atoms with Crippen molar-refractivity contribution in [2.45, 2.75) is 16.3 Å². The Morgan fingerprint density at radius 3 is 2.28 bits per heavy atom. The predicted octanol–water partition coefficient (Wildman–Crippen LogP) is 3.71. The molecule has 2 aromatic carbocycles. The molecule has 0 atom stereocenters. The summed E-state index contributed by atoms with van der Waals surface area (Å²) in [5.74, 6) is -2.29. The van der Waals surface area contributed by atoms with Crippen molar-refractivity contribution in [3.63, 3.8) is 0 Å². The molecule has 1 nitrogen and oxygen atoms in total. The summed E-state index contributed by atoms with van der Waals surface area (Å²) < 4.78 is 39.4. The second-order valence-corrected chi connectivity index (χ2v) is 4.76. The highest BCUT2D eigenvalue weighted by Crippen LogP contribution is 2.31. The van der Waals surface area contributed by atoms with Crippen LogP contribution in [0.25, 0.3) is 0 Å². The minimum absolute atomic E-state index is 0.257. The minimum atomic E-state index is -0.945. The van der Waals surface area contributed by atoms with Crippen LogP contribution in [-0.2, 0) is 6.54 Å². The lowest BCUT2D eigenvalue weighted by atomic mass is 10.2. The number of benzene rings is 2. The monoisotopic (exact) mass is 269 g/mol. The molecule has 0 radical (unpaired) electrons. The Morgan fingerprint density at radius 1 is 0.889 bits per heavy atom. The third-order valence-corrected chi connectivity index (χ3v) is 3.39. The first-order chi connectivity index (χ1) is 8.60. The van der Waals surface area contributed by atoms with Crippen LogP contribution in [0.4, 0.5) is 13.2 Å². The first kappa shape index (κ1) is 13.0. The molecule has 5 heteroatoms. The lowest BCUT2D eigenvalue weighted by Gasteiger charge is -2.05. The molecule has 0 aliphatic heterocycles. The fraction of sp³-hybridized carbons (Fsp3) is 0.0769. The fourth-order valence-electron chi connectivity index (χ4n) is 1.42. The van der Waals surface area contributed by atoms with Gasteiger partial charge in [0.25, 0.3) is 0 Å². The van der Waals surface area contributed by atoms with Crippen LogP contribution in [0.5, 0.6) is 0 Å². The Morgan fingerprint density at radius 2 is 1.67 bits per heavy atom. The molecule has 94 valence electrons. The highest BCUT2D eigenvalue weighted by molar-refractivity contribution is 7.99. The fourth-order valence-corrected chi connectivity index (χ4v) is 2.27. The van der Waals surface area contributed by atoms with Gasteiger partial charge in [-0.2, -0.15) is 0 Å². The average molecular weight is 269 g/mol. The van der Waals surface area contributed by atoms with E-state index in [1.54, 1.807) is 12.1 Å². The van der Waals surface area contributed by atoms with Crippen molar-refractivity contribution in [2.75, 3.05) is 0 Å². The Bertz CT molecular complexity index is 572. The number of nitrogens with two attached hydrogens (primary N) is 1. The Kier molecular flexibility index (Phi) is 3.93. The molecular weight excluding hydrogens is 259 g/mol. The minimum Gasteiger partial charge on any atom is -0.326 e. The van der Waals surface area contributed by atoms with Crippen LogP contribution < -0.4 is 5.73 Å². The van der Waals surface area contributed by atoms with Crippen molar-refractivity contribution in [3.05, 3.63) is 59.4 Å². The standard InChI is InChI=1S/C13H10F3NS/c14-10-3-2-9(6-11(10)15)18-13-4-1-8(7-17)5-12(13)16/h1-6H,7,17H2. The van der Waals surface area contributed by atoms with Crippen LogP contribution in [0.15, 0.2) is 46.2 Å². The third-order valence-electron chi connectivity index (χ3n) is 2.35. The van der Waals surface area contributed by atoms with E-state index in [-0.39, 0.29) is 6.54 Å². The molecule has 0 spiro atoms. The van der Waals surface area contributed by atoms with E-state index < -0.39 is 17.5 Å². The highest BCUT2D eigenvalue weighted by Gasteiger charge is 2.08. The number of hydrogen-bond donors (Lipinski definition) is 1. The maximum Gasteiger partial charge on any atom is 0.159 e. The smallest absolute Gasteiger partial charge is 0.159 e. The lowest BCUT2D eigenvalue weighted by Crippen LogP contribution is -1.97. The van der Waals surface area contributed by atoms with Crippen LogP contribution in [0.3, 0.4) is 0 Å². The van der Waals surface area contributed by atoms with E-state index in [0.29, 0.717) is 15.4 Å². The molecule has 0 amide bonds. The molecule has 0 heterocycles. The molecule has 0 aromatic heterocycles. The molecule has 0 saturated heterocycles. The zero-order valence-electron chi connectivity index (χ0n) is 9.29. The molecule has 2 N–H and O–H groups in total. The molecule has 18 heavy (non-hydrogen) atoms. The summed E-state index contributed by atoms with van der Waals surface area (Å²) in [5, 5.41) is 0. The van der Waals surface area contributed by atoms with Gasteiger partial charge >= 0.3 is 0 Å². The SMILES string of the molecule is NCc1ccc(Sc2ccc(F)c(F)c2)c(F)c1. The Labute approximate surface area is 107 Å². The molecule has 0 aliphatic carbocycles. The third kappa shape index (κ3) is 2.86. The summed E-state index contributed by atoms with van der Waals surface area (Å²) in [6.45, 7) is 0.257. The maximum absolute atomic E-state index is 13.7. The number of halogens is 3. The van der Waals surface area contributed by atoms with Gasteiger partial charge in [-0.1, -0.05) is 17.8 Å². The van der Waals surface area contributed by atoms with Gasteiger partial charge in [0.1, 0.15) is 5.82 Å². The van der Waals surface area contributed by atoms with Crippen molar-refractivity contribution < 1.29 is 13.2 Å². The van der Waals surface area contributed by atoms with Gasteiger partial charge in [-0.3, -0.25) is 0 Å². The van der Waals surface area contributed by atoms with Crippen molar-refractivity contribution in [1.82, 2.24) is 0 Å². The van der Waals surface area contributed by atoms with Crippen LogP contribution in [0.2, 0.25) is 0 Å². The van der Waals surface area contributed by atoms with E-state index in [1.807, 2.05) is 0 Å². The van der Waals surface area contributed by atoms with Gasteiger partial charge in [0.05, 0.1) is 0 Å². The van der Waals surface area contributed by atoms with Crippen LogP contribution in [0.1, 0.15) is 5.56 Å². The van der Waals surface area contributed by atoms with E-state index in [9.17, 15) is 13.2 Å². The molecular formula is C13H10F3NS.